The van der Waals surface area contributed by atoms with Crippen molar-refractivity contribution in [2.45, 2.75) is 40.0 Å². The van der Waals surface area contributed by atoms with Crippen molar-refractivity contribution in [3.8, 4) is 0 Å². The van der Waals surface area contributed by atoms with E-state index in [0.717, 1.165) is 13.1 Å². The van der Waals surface area contributed by atoms with Crippen LogP contribution in [0.5, 0.6) is 0 Å². The van der Waals surface area contributed by atoms with E-state index in [1.165, 1.54) is 12.8 Å². The Hall–Kier alpha value is -1.10. The molecule has 0 radical (unpaired) electrons. The van der Waals surface area contributed by atoms with Crippen molar-refractivity contribution in [2.24, 2.45) is 17.8 Å². The number of carbonyl (C=O) groups is 2. The SMILES string of the molecule is CC(C)C(=O)NCCNC(=O)CC(C)C1CCCNC1. The van der Waals surface area contributed by atoms with Gasteiger partial charge in [-0.05, 0) is 37.8 Å². The first kappa shape index (κ1) is 17.0. The largest absolute Gasteiger partial charge is 0.354 e. The van der Waals surface area contributed by atoms with Gasteiger partial charge in [-0.3, -0.25) is 9.59 Å². The van der Waals surface area contributed by atoms with Gasteiger partial charge >= 0.3 is 0 Å². The zero-order chi connectivity index (χ0) is 15.0. The quantitative estimate of drug-likeness (QED) is 0.608. The minimum Gasteiger partial charge on any atom is -0.354 e. The molecule has 1 fully saturated rings. The number of nitrogens with one attached hydrogen (secondary N) is 3. The lowest BCUT2D eigenvalue weighted by Gasteiger charge is -2.28. The van der Waals surface area contributed by atoms with Gasteiger partial charge in [-0.2, -0.15) is 0 Å². The van der Waals surface area contributed by atoms with Crippen molar-refractivity contribution in [1.82, 2.24) is 16.0 Å². The van der Waals surface area contributed by atoms with Crippen LogP contribution in [0.15, 0.2) is 0 Å². The monoisotopic (exact) mass is 283 g/mol. The smallest absolute Gasteiger partial charge is 0.222 e. The van der Waals surface area contributed by atoms with Gasteiger partial charge in [-0.25, -0.2) is 0 Å². The topological polar surface area (TPSA) is 70.2 Å². The standard InChI is InChI=1S/C15H29N3O2/c1-11(2)15(20)18-8-7-17-14(19)9-12(3)13-5-4-6-16-10-13/h11-13,16H,4-10H2,1-3H3,(H,17,19)(H,18,20). The minimum atomic E-state index is -0.00970. The molecule has 0 aliphatic carbocycles. The highest BCUT2D eigenvalue weighted by Crippen LogP contribution is 2.22. The molecule has 20 heavy (non-hydrogen) atoms. The van der Waals surface area contributed by atoms with E-state index in [9.17, 15) is 9.59 Å². The summed E-state index contributed by atoms with van der Waals surface area (Å²) in [7, 11) is 0. The first-order valence-electron chi connectivity index (χ1n) is 7.75. The van der Waals surface area contributed by atoms with Crippen LogP contribution in [-0.4, -0.2) is 38.0 Å². The van der Waals surface area contributed by atoms with Gasteiger partial charge in [0.1, 0.15) is 0 Å². The maximum atomic E-state index is 11.8. The number of carbonyl (C=O) groups excluding carboxylic acids is 2. The van der Waals surface area contributed by atoms with E-state index in [4.69, 9.17) is 0 Å². The van der Waals surface area contributed by atoms with Gasteiger partial charge in [-0.1, -0.05) is 20.8 Å². The van der Waals surface area contributed by atoms with Crippen LogP contribution in [0.25, 0.3) is 0 Å². The van der Waals surface area contributed by atoms with E-state index in [1.807, 2.05) is 13.8 Å². The van der Waals surface area contributed by atoms with E-state index in [1.54, 1.807) is 0 Å². The van der Waals surface area contributed by atoms with Crippen LogP contribution in [0.3, 0.4) is 0 Å². The second kappa shape index (κ2) is 8.95. The maximum Gasteiger partial charge on any atom is 0.222 e. The van der Waals surface area contributed by atoms with E-state index in [2.05, 4.69) is 22.9 Å². The van der Waals surface area contributed by atoms with Crippen LogP contribution in [-0.2, 0) is 9.59 Å². The average Bonchev–Trinajstić information content (AvgIpc) is 2.44. The molecule has 1 saturated heterocycles. The summed E-state index contributed by atoms with van der Waals surface area (Å²) >= 11 is 0. The molecule has 116 valence electrons. The summed E-state index contributed by atoms with van der Waals surface area (Å²) in [5, 5.41) is 9.05. The molecule has 5 heteroatoms. The number of amides is 2. The Morgan fingerprint density at radius 3 is 2.50 bits per heavy atom. The van der Waals surface area contributed by atoms with E-state index in [-0.39, 0.29) is 17.7 Å². The van der Waals surface area contributed by atoms with Crippen LogP contribution in [0.2, 0.25) is 0 Å². The predicted molar refractivity (Wildman–Crippen MR) is 80.2 cm³/mol. The normalized spacial score (nSPS) is 20.5. The van der Waals surface area contributed by atoms with E-state index in [0.29, 0.717) is 31.3 Å². The first-order chi connectivity index (χ1) is 9.50. The lowest BCUT2D eigenvalue weighted by molar-refractivity contribution is -0.125. The Kier molecular flexibility index (Phi) is 7.59. The summed E-state index contributed by atoms with van der Waals surface area (Å²) in [6, 6.07) is 0. The summed E-state index contributed by atoms with van der Waals surface area (Å²) in [5.41, 5.74) is 0. The van der Waals surface area contributed by atoms with Crippen molar-refractivity contribution >= 4 is 11.8 Å². The highest BCUT2D eigenvalue weighted by atomic mass is 16.2. The Balaban J connectivity index is 2.11. The molecule has 0 spiro atoms. The third kappa shape index (κ3) is 6.37. The van der Waals surface area contributed by atoms with Crippen LogP contribution in [0.4, 0.5) is 0 Å². The molecule has 1 heterocycles. The van der Waals surface area contributed by atoms with Gasteiger partial charge in [0, 0.05) is 25.4 Å². The van der Waals surface area contributed by atoms with Crippen molar-refractivity contribution in [2.75, 3.05) is 26.2 Å². The van der Waals surface area contributed by atoms with Crippen LogP contribution < -0.4 is 16.0 Å². The van der Waals surface area contributed by atoms with Gasteiger partial charge < -0.3 is 16.0 Å². The van der Waals surface area contributed by atoms with E-state index < -0.39 is 0 Å². The van der Waals surface area contributed by atoms with Crippen LogP contribution in [0, 0.1) is 17.8 Å². The Bertz CT molecular complexity index is 312. The molecule has 0 saturated carbocycles. The molecule has 1 aliphatic rings. The minimum absolute atomic E-state index is 0.00970. The Morgan fingerprint density at radius 2 is 1.90 bits per heavy atom. The van der Waals surface area contributed by atoms with Crippen molar-refractivity contribution in [1.29, 1.82) is 0 Å². The molecule has 0 bridgehead atoms. The fourth-order valence-corrected chi connectivity index (χ4v) is 2.49. The summed E-state index contributed by atoms with van der Waals surface area (Å²) in [6.07, 6.45) is 2.99. The van der Waals surface area contributed by atoms with Crippen molar-refractivity contribution in [3.63, 3.8) is 0 Å². The molecule has 2 amide bonds. The first-order valence-corrected chi connectivity index (χ1v) is 7.75. The Labute approximate surface area is 122 Å². The maximum absolute atomic E-state index is 11.8. The van der Waals surface area contributed by atoms with Gasteiger partial charge in [0.15, 0.2) is 0 Å². The molecule has 0 aromatic rings. The van der Waals surface area contributed by atoms with E-state index >= 15 is 0 Å². The molecule has 1 rings (SSSR count). The summed E-state index contributed by atoms with van der Waals surface area (Å²) in [4.78, 5) is 23.2. The fraction of sp³-hybridized carbons (Fsp3) is 0.867. The number of rotatable bonds is 7. The lowest BCUT2D eigenvalue weighted by atomic mass is 9.85. The molecule has 2 unspecified atom stereocenters. The zero-order valence-corrected chi connectivity index (χ0v) is 13.0. The second-order valence-corrected chi connectivity index (χ2v) is 6.08. The van der Waals surface area contributed by atoms with Gasteiger partial charge in [0.05, 0.1) is 0 Å². The van der Waals surface area contributed by atoms with Crippen LogP contribution in [0.1, 0.15) is 40.0 Å². The fourth-order valence-electron chi connectivity index (χ4n) is 2.49. The highest BCUT2D eigenvalue weighted by molar-refractivity contribution is 5.78. The third-order valence-electron chi connectivity index (χ3n) is 3.92. The van der Waals surface area contributed by atoms with Gasteiger partial charge in [0.25, 0.3) is 0 Å². The third-order valence-corrected chi connectivity index (χ3v) is 3.92. The molecule has 2 atom stereocenters. The molecule has 1 aliphatic heterocycles. The molecular formula is C15H29N3O2. The second-order valence-electron chi connectivity index (χ2n) is 6.08. The number of hydrogen-bond donors (Lipinski definition) is 3. The van der Waals surface area contributed by atoms with Gasteiger partial charge in [-0.15, -0.1) is 0 Å². The van der Waals surface area contributed by atoms with Gasteiger partial charge in [0.2, 0.25) is 11.8 Å². The zero-order valence-electron chi connectivity index (χ0n) is 13.0. The molecular weight excluding hydrogens is 254 g/mol. The average molecular weight is 283 g/mol. The van der Waals surface area contributed by atoms with Crippen molar-refractivity contribution in [3.05, 3.63) is 0 Å². The number of hydrogen-bond acceptors (Lipinski definition) is 3. The van der Waals surface area contributed by atoms with Crippen molar-refractivity contribution < 1.29 is 9.59 Å². The highest BCUT2D eigenvalue weighted by Gasteiger charge is 2.21. The molecule has 0 aromatic heterocycles. The summed E-state index contributed by atoms with van der Waals surface area (Å²) < 4.78 is 0. The molecule has 0 aromatic carbocycles. The molecule has 3 N–H and O–H groups in total. The Morgan fingerprint density at radius 1 is 1.20 bits per heavy atom. The van der Waals surface area contributed by atoms with Crippen LogP contribution >= 0.6 is 0 Å². The summed E-state index contributed by atoms with van der Waals surface area (Å²) in [6.45, 7) is 9.00. The summed E-state index contributed by atoms with van der Waals surface area (Å²) in [5.74, 6) is 1.12. The number of piperidine rings is 1. The predicted octanol–water partition coefficient (Wildman–Crippen LogP) is 0.901. The molecule has 5 nitrogen and oxygen atoms in total. The lowest BCUT2D eigenvalue weighted by Crippen LogP contribution is -2.38.